The zero-order chi connectivity index (χ0) is 26.4. The van der Waals surface area contributed by atoms with Crippen LogP contribution in [0.1, 0.15) is 42.6 Å². The number of amidine groups is 1. The molecule has 3 aromatic carbocycles. The fourth-order valence-corrected chi connectivity index (χ4v) is 4.82. The number of anilines is 1. The summed E-state index contributed by atoms with van der Waals surface area (Å²) in [6.07, 6.45) is 3.58. The highest BCUT2D eigenvalue weighted by atomic mass is 79.9. The Morgan fingerprint density at radius 2 is 1.78 bits per heavy atom. The second-order valence-electron chi connectivity index (χ2n) is 8.34. The van der Waals surface area contributed by atoms with E-state index in [0.717, 1.165) is 34.9 Å². The number of nitrogens with zero attached hydrogens (tertiary/aromatic N) is 1. The molecule has 4 rings (SSSR count). The van der Waals surface area contributed by atoms with E-state index < -0.39 is 10.8 Å². The molecule has 1 aliphatic rings. The van der Waals surface area contributed by atoms with Crippen molar-refractivity contribution >= 4 is 67.3 Å². The van der Waals surface area contributed by atoms with Crippen LogP contribution in [0.4, 0.5) is 5.69 Å². The van der Waals surface area contributed by atoms with Crippen molar-refractivity contribution in [2.24, 2.45) is 4.99 Å². The van der Waals surface area contributed by atoms with Gasteiger partial charge in [0.2, 0.25) is 0 Å². The molecule has 192 valence electrons. The van der Waals surface area contributed by atoms with Gasteiger partial charge >= 0.3 is 5.97 Å². The molecule has 0 fully saturated rings. The Labute approximate surface area is 228 Å². The summed E-state index contributed by atoms with van der Waals surface area (Å²) in [4.78, 5) is 27.7. The molecule has 1 atom stereocenters. The van der Waals surface area contributed by atoms with E-state index in [4.69, 9.17) is 14.6 Å². The van der Waals surface area contributed by atoms with E-state index in [1.54, 1.807) is 30.3 Å². The first kappa shape index (κ1) is 26.8. The fraction of sp³-hybridized carbons (Fsp3) is 0.250. The van der Waals surface area contributed by atoms with Crippen molar-refractivity contribution in [1.82, 2.24) is 0 Å². The number of nitrogens with one attached hydrogen (secondary N) is 1. The van der Waals surface area contributed by atoms with Gasteiger partial charge in [0.25, 0.3) is 5.91 Å². The molecular formula is C28H27BrN2O5S. The Kier molecular flexibility index (Phi) is 8.89. The lowest BCUT2D eigenvalue weighted by Gasteiger charge is -2.14. The van der Waals surface area contributed by atoms with Crippen LogP contribution < -0.4 is 14.8 Å². The van der Waals surface area contributed by atoms with E-state index in [9.17, 15) is 9.59 Å². The number of aliphatic imine (C=N–C) groups is 1. The van der Waals surface area contributed by atoms with Crippen molar-refractivity contribution in [3.8, 4) is 11.5 Å². The fourth-order valence-electron chi connectivity index (χ4n) is 3.69. The van der Waals surface area contributed by atoms with Crippen molar-refractivity contribution in [3.05, 3.63) is 70.6 Å². The van der Waals surface area contributed by atoms with Crippen LogP contribution in [-0.4, -0.2) is 35.4 Å². The molecule has 37 heavy (non-hydrogen) atoms. The van der Waals surface area contributed by atoms with E-state index in [-0.39, 0.29) is 5.91 Å². The Morgan fingerprint density at radius 1 is 1.08 bits per heavy atom. The predicted octanol–water partition coefficient (Wildman–Crippen LogP) is 7.02. The second-order valence-corrected chi connectivity index (χ2v) is 10.3. The lowest BCUT2D eigenvalue weighted by molar-refractivity contribution is -0.136. The minimum Gasteiger partial charge on any atom is -0.493 e. The molecule has 0 aliphatic carbocycles. The average Bonchev–Trinajstić information content (AvgIpc) is 3.24. The van der Waals surface area contributed by atoms with Crippen molar-refractivity contribution in [2.45, 2.75) is 31.5 Å². The largest absolute Gasteiger partial charge is 0.493 e. The van der Waals surface area contributed by atoms with Gasteiger partial charge in [0.05, 0.1) is 18.1 Å². The summed E-state index contributed by atoms with van der Waals surface area (Å²) in [6.45, 7) is 5.30. The summed E-state index contributed by atoms with van der Waals surface area (Å²) in [7, 11) is 0. The minimum atomic E-state index is -0.961. The first-order valence-corrected chi connectivity index (χ1v) is 13.7. The lowest BCUT2D eigenvalue weighted by Crippen LogP contribution is -2.06. The smallest absolute Gasteiger partial charge is 0.321 e. The highest BCUT2D eigenvalue weighted by molar-refractivity contribution is 9.09. The van der Waals surface area contributed by atoms with Crippen molar-refractivity contribution < 1.29 is 24.2 Å². The van der Waals surface area contributed by atoms with Crippen LogP contribution >= 0.6 is 27.7 Å². The van der Waals surface area contributed by atoms with E-state index in [2.05, 4.69) is 33.2 Å². The SMILES string of the molecule is CCCOc1cc2c(OCCC)cccc2cc1C=C1SC(Nc2ccc(C(Br)C(=O)O)cc2)=NC1=O. The Morgan fingerprint density at radius 3 is 2.46 bits per heavy atom. The molecule has 2 N–H and O–H groups in total. The summed E-state index contributed by atoms with van der Waals surface area (Å²) in [5.74, 6) is 0.193. The van der Waals surface area contributed by atoms with Crippen LogP contribution in [0.2, 0.25) is 0 Å². The summed E-state index contributed by atoms with van der Waals surface area (Å²) in [6, 6.07) is 16.8. The van der Waals surface area contributed by atoms with Crippen LogP contribution in [0.3, 0.4) is 0 Å². The molecule has 9 heteroatoms. The van der Waals surface area contributed by atoms with Gasteiger partial charge in [-0.1, -0.05) is 54.0 Å². The maximum Gasteiger partial charge on any atom is 0.321 e. The number of ether oxygens (including phenoxy) is 2. The number of halogens is 1. The maximum absolute atomic E-state index is 12.7. The first-order chi connectivity index (χ1) is 17.9. The number of carbonyl (C=O) groups excluding carboxylic acids is 1. The summed E-state index contributed by atoms with van der Waals surface area (Å²) >= 11 is 4.39. The first-order valence-electron chi connectivity index (χ1n) is 12.0. The van der Waals surface area contributed by atoms with Gasteiger partial charge in [-0.2, -0.15) is 4.99 Å². The van der Waals surface area contributed by atoms with Gasteiger partial charge in [0, 0.05) is 16.6 Å². The van der Waals surface area contributed by atoms with Gasteiger partial charge < -0.3 is 19.9 Å². The molecule has 0 aromatic heterocycles. The van der Waals surface area contributed by atoms with Crippen molar-refractivity contribution in [2.75, 3.05) is 18.5 Å². The summed E-state index contributed by atoms with van der Waals surface area (Å²) < 4.78 is 12.0. The number of benzene rings is 3. The third kappa shape index (κ3) is 6.53. The molecule has 7 nitrogen and oxygen atoms in total. The van der Waals surface area contributed by atoms with E-state index in [0.29, 0.717) is 40.3 Å². The Balaban J connectivity index is 1.57. The molecule has 0 saturated carbocycles. The van der Waals surface area contributed by atoms with Gasteiger partial charge in [-0.25, -0.2) is 0 Å². The molecular weight excluding hydrogens is 556 g/mol. The van der Waals surface area contributed by atoms with Gasteiger partial charge in [0.15, 0.2) is 5.17 Å². The topological polar surface area (TPSA) is 97.2 Å². The lowest BCUT2D eigenvalue weighted by atomic mass is 10.0. The highest BCUT2D eigenvalue weighted by Gasteiger charge is 2.23. The number of amides is 1. The molecule has 1 aliphatic heterocycles. The molecule has 3 aromatic rings. The molecule has 1 unspecified atom stereocenters. The quantitative estimate of drug-likeness (QED) is 0.196. The minimum absolute atomic E-state index is 0.336. The number of carbonyl (C=O) groups is 2. The Bertz CT molecular complexity index is 1370. The third-order valence-corrected chi connectivity index (χ3v) is 7.29. The number of carboxylic acids is 1. The zero-order valence-corrected chi connectivity index (χ0v) is 22.9. The summed E-state index contributed by atoms with van der Waals surface area (Å²) in [5.41, 5.74) is 2.11. The number of rotatable bonds is 10. The number of aliphatic carboxylic acids is 1. The van der Waals surface area contributed by atoms with Gasteiger partial charge in [0.1, 0.15) is 16.3 Å². The Hall–Kier alpha value is -3.30. The standard InChI is InChI=1S/C28H27BrN2O5S/c1-3-12-35-22-7-5-6-18-14-19(23(16-21(18)22)36-13-4-2)15-24-26(32)31-28(37-24)30-20-10-8-17(9-11-20)25(29)27(33)34/h5-11,14-16,25H,3-4,12-13H2,1-2H3,(H,33,34)(H,30,31,32). The van der Waals surface area contributed by atoms with Crippen molar-refractivity contribution in [1.29, 1.82) is 0 Å². The number of hydrogen-bond donors (Lipinski definition) is 2. The molecule has 0 spiro atoms. The molecule has 1 heterocycles. The van der Waals surface area contributed by atoms with Gasteiger partial charge in [-0.15, -0.1) is 0 Å². The number of thioether (sulfide) groups is 1. The van der Waals surface area contributed by atoms with Crippen LogP contribution in [0, 0.1) is 0 Å². The maximum atomic E-state index is 12.7. The number of fused-ring (bicyclic) bond motifs is 1. The van der Waals surface area contributed by atoms with Gasteiger partial charge in [-0.3, -0.25) is 9.59 Å². The summed E-state index contributed by atoms with van der Waals surface area (Å²) in [5, 5.41) is 14.7. The predicted molar refractivity (Wildman–Crippen MR) is 153 cm³/mol. The molecule has 0 radical (unpaired) electrons. The van der Waals surface area contributed by atoms with Crippen molar-refractivity contribution in [3.63, 3.8) is 0 Å². The van der Waals surface area contributed by atoms with Gasteiger partial charge in [-0.05, 0) is 72.0 Å². The van der Waals surface area contributed by atoms with E-state index >= 15 is 0 Å². The highest BCUT2D eigenvalue weighted by Crippen LogP contribution is 2.36. The van der Waals surface area contributed by atoms with Crippen LogP contribution in [0.25, 0.3) is 16.8 Å². The number of carboxylic acid groups (broad SMARTS) is 1. The average molecular weight is 584 g/mol. The van der Waals surface area contributed by atoms with E-state index in [1.165, 1.54) is 11.8 Å². The molecule has 1 amide bonds. The second kappa shape index (κ2) is 12.3. The molecule has 0 bridgehead atoms. The van der Waals surface area contributed by atoms with Crippen LogP contribution in [0.15, 0.2) is 64.5 Å². The van der Waals surface area contributed by atoms with Crippen LogP contribution in [-0.2, 0) is 9.59 Å². The normalized spacial score (nSPS) is 15.1. The number of hydrogen-bond acceptors (Lipinski definition) is 6. The number of alkyl halides is 1. The molecule has 0 saturated heterocycles. The zero-order valence-electron chi connectivity index (χ0n) is 20.5. The van der Waals surface area contributed by atoms with E-state index in [1.807, 2.05) is 37.3 Å². The third-order valence-electron chi connectivity index (χ3n) is 5.47. The van der Waals surface area contributed by atoms with Crippen LogP contribution in [0.5, 0.6) is 11.5 Å². The monoisotopic (exact) mass is 582 g/mol.